The Labute approximate surface area is 250 Å². The Morgan fingerprint density at radius 3 is 2.05 bits per heavy atom. The average molecular weight is 608 g/mol. The first-order valence-electron chi connectivity index (χ1n) is 14.6. The summed E-state index contributed by atoms with van der Waals surface area (Å²) in [6.07, 6.45) is 4.12. The number of hydrogen-bond donors (Lipinski definition) is 1. The van der Waals surface area contributed by atoms with Gasteiger partial charge in [0.2, 0.25) is 0 Å². The summed E-state index contributed by atoms with van der Waals surface area (Å²) >= 11 is 0. The Morgan fingerprint density at radius 2 is 1.45 bits per heavy atom. The summed E-state index contributed by atoms with van der Waals surface area (Å²) in [5, 5.41) is 2.65. The number of alkyl carbamates (subject to hydrolysis) is 1. The number of phosphoric acid groups is 1. The first-order valence-corrected chi connectivity index (χ1v) is 16.1. The molecule has 234 valence electrons. The van der Waals surface area contributed by atoms with Crippen LogP contribution in [-0.2, 0) is 40.9 Å². The normalized spacial score (nSPS) is 12.7. The highest BCUT2D eigenvalue weighted by Crippen LogP contribution is 2.52. The summed E-state index contributed by atoms with van der Waals surface area (Å²) in [7, 11) is -2.67. The molecule has 1 atom stereocenters. The number of amides is 1. The first-order chi connectivity index (χ1) is 20.2. The summed E-state index contributed by atoms with van der Waals surface area (Å²) in [6.45, 7) is 8.51. The van der Waals surface area contributed by atoms with Crippen LogP contribution in [0.5, 0.6) is 11.5 Å². The number of benzene rings is 2. The molecule has 1 N–H and O–H groups in total. The maximum absolute atomic E-state index is 13.5. The molecule has 0 saturated heterocycles. The van der Waals surface area contributed by atoms with Gasteiger partial charge in [0, 0.05) is 6.42 Å². The van der Waals surface area contributed by atoms with Gasteiger partial charge in [-0.2, -0.15) is 0 Å². The van der Waals surface area contributed by atoms with Crippen molar-refractivity contribution in [2.75, 3.05) is 26.9 Å². The molecule has 0 heterocycles. The minimum Gasteiger partial charge on any atom is -0.490 e. The lowest BCUT2D eigenvalue weighted by Gasteiger charge is -2.28. The molecule has 2 rings (SSSR count). The number of unbranched alkanes of at least 4 members (excludes halogenated alkanes) is 3. The Morgan fingerprint density at radius 1 is 0.833 bits per heavy atom. The molecule has 0 spiro atoms. The quantitative estimate of drug-likeness (QED) is 0.0934. The predicted molar refractivity (Wildman–Crippen MR) is 161 cm³/mol. The van der Waals surface area contributed by atoms with Gasteiger partial charge in [-0.15, -0.1) is 0 Å². The van der Waals surface area contributed by atoms with E-state index in [9.17, 15) is 14.2 Å². The van der Waals surface area contributed by atoms with Crippen LogP contribution in [-0.4, -0.2) is 44.5 Å². The van der Waals surface area contributed by atoms with Gasteiger partial charge in [-0.3, -0.25) is 9.05 Å². The molecule has 0 aliphatic carbocycles. The van der Waals surface area contributed by atoms with Gasteiger partial charge in [-0.05, 0) is 49.4 Å². The molecule has 2 aromatic rings. The van der Waals surface area contributed by atoms with Gasteiger partial charge in [-0.1, -0.05) is 76.4 Å². The van der Waals surface area contributed by atoms with Gasteiger partial charge >= 0.3 is 19.9 Å². The molecular formula is C31H46NO9P. The fourth-order valence-electron chi connectivity index (χ4n) is 3.81. The van der Waals surface area contributed by atoms with Gasteiger partial charge in [0.15, 0.2) is 11.5 Å². The van der Waals surface area contributed by atoms with Crippen molar-refractivity contribution in [3.8, 4) is 11.5 Å². The zero-order valence-corrected chi connectivity index (χ0v) is 26.4. The van der Waals surface area contributed by atoms with Crippen molar-refractivity contribution in [1.29, 1.82) is 0 Å². The lowest BCUT2D eigenvalue weighted by atomic mass is 9.92. The van der Waals surface area contributed by atoms with Crippen molar-refractivity contribution in [1.82, 2.24) is 5.32 Å². The molecule has 2 aromatic carbocycles. The highest BCUT2D eigenvalue weighted by atomic mass is 31.2. The molecule has 1 amide bonds. The minimum atomic E-state index is -3.92. The fraction of sp³-hybridized carbons (Fsp3) is 0.548. The van der Waals surface area contributed by atoms with E-state index in [-0.39, 0.29) is 32.0 Å². The van der Waals surface area contributed by atoms with Crippen LogP contribution in [0.3, 0.4) is 0 Å². The molecule has 0 bridgehead atoms. The Bertz CT molecular complexity index is 1130. The molecular weight excluding hydrogens is 561 g/mol. The van der Waals surface area contributed by atoms with Gasteiger partial charge in [-0.25, -0.2) is 14.2 Å². The van der Waals surface area contributed by atoms with Crippen molar-refractivity contribution in [3.05, 3.63) is 59.7 Å². The Balaban J connectivity index is 2.28. The van der Waals surface area contributed by atoms with E-state index in [0.29, 0.717) is 30.8 Å². The average Bonchev–Trinajstić information content (AvgIpc) is 2.98. The second kappa shape index (κ2) is 18.5. The molecule has 0 unspecified atom stereocenters. The maximum atomic E-state index is 13.5. The summed E-state index contributed by atoms with van der Waals surface area (Å²) in [5.41, 5.74) is -0.00167. The lowest BCUT2D eigenvalue weighted by molar-refractivity contribution is -0.147. The number of ether oxygens (including phenoxy) is 3. The van der Waals surface area contributed by atoms with E-state index in [2.05, 4.69) is 5.32 Å². The Kier molecular flexibility index (Phi) is 15.4. The number of hydrogen-bond acceptors (Lipinski definition) is 9. The zero-order valence-electron chi connectivity index (χ0n) is 25.5. The molecule has 0 radical (unpaired) electrons. The molecule has 10 nitrogen and oxygen atoms in total. The predicted octanol–water partition coefficient (Wildman–Crippen LogP) is 7.39. The standard InChI is InChI=1S/C31H46NO9P/c1-6-9-19-37-28-22-26(17-18-27(28)41-42(35,39-20-10-7-2)40-21-11-8-3)23-31(4,29(33)36-5)32-30(34)38-24-25-15-13-12-14-16-25/h12-18,22H,6-11,19-21,23-24H2,1-5H3,(H,32,34)/t31-/m0/s1. The summed E-state index contributed by atoms with van der Waals surface area (Å²) < 4.78 is 46.9. The van der Waals surface area contributed by atoms with Crippen molar-refractivity contribution in [2.24, 2.45) is 0 Å². The second-order valence-corrected chi connectivity index (χ2v) is 11.7. The smallest absolute Gasteiger partial charge is 0.490 e. The number of phosphoric ester groups is 1. The summed E-state index contributed by atoms with van der Waals surface area (Å²) in [5.74, 6) is -0.134. The minimum absolute atomic E-state index is 0.0477. The van der Waals surface area contributed by atoms with Gasteiger partial charge < -0.3 is 24.1 Å². The maximum Gasteiger partial charge on any atom is 0.530 e. The lowest BCUT2D eigenvalue weighted by Crippen LogP contribution is -2.54. The van der Waals surface area contributed by atoms with E-state index in [1.807, 2.05) is 51.1 Å². The molecule has 0 aliphatic heterocycles. The summed E-state index contributed by atoms with van der Waals surface area (Å²) in [4.78, 5) is 25.5. The summed E-state index contributed by atoms with van der Waals surface area (Å²) in [6, 6.07) is 14.2. The molecule has 0 aromatic heterocycles. The monoisotopic (exact) mass is 607 g/mol. The van der Waals surface area contributed by atoms with E-state index in [0.717, 1.165) is 31.2 Å². The number of rotatable bonds is 20. The van der Waals surface area contributed by atoms with Crippen molar-refractivity contribution < 1.29 is 41.9 Å². The van der Waals surface area contributed by atoms with E-state index >= 15 is 0 Å². The number of esters is 1. The van der Waals surface area contributed by atoms with Crippen LogP contribution in [0.2, 0.25) is 0 Å². The van der Waals surface area contributed by atoms with Gasteiger partial charge in [0.25, 0.3) is 0 Å². The van der Waals surface area contributed by atoms with Gasteiger partial charge in [0.1, 0.15) is 12.1 Å². The van der Waals surface area contributed by atoms with Crippen LogP contribution in [0.15, 0.2) is 48.5 Å². The van der Waals surface area contributed by atoms with Crippen LogP contribution in [0.4, 0.5) is 4.79 Å². The molecule has 42 heavy (non-hydrogen) atoms. The van der Waals surface area contributed by atoms with Crippen molar-refractivity contribution >= 4 is 19.9 Å². The highest BCUT2D eigenvalue weighted by Gasteiger charge is 2.37. The van der Waals surface area contributed by atoms with E-state index in [1.165, 1.54) is 7.11 Å². The number of carbonyl (C=O) groups is 2. The van der Waals surface area contributed by atoms with E-state index in [4.69, 9.17) is 27.8 Å². The molecule has 0 saturated carbocycles. The number of nitrogens with one attached hydrogen (secondary N) is 1. The third-order valence-corrected chi connectivity index (χ3v) is 7.67. The van der Waals surface area contributed by atoms with Crippen molar-refractivity contribution in [2.45, 2.75) is 84.8 Å². The Hall–Kier alpha value is -3.07. The van der Waals surface area contributed by atoms with E-state index < -0.39 is 25.4 Å². The topological polar surface area (TPSA) is 119 Å². The first kappa shape index (κ1) is 35.1. The zero-order chi connectivity index (χ0) is 30.8. The molecule has 0 fully saturated rings. The van der Waals surface area contributed by atoms with Gasteiger partial charge in [0.05, 0.1) is 26.9 Å². The van der Waals surface area contributed by atoms with Crippen LogP contribution in [0.1, 0.15) is 77.3 Å². The SMILES string of the molecule is CCCCOc1cc(C[C@](C)(NC(=O)OCc2ccccc2)C(=O)OC)ccc1OP(=O)(OCCCC)OCCCC. The number of carbonyl (C=O) groups excluding carboxylic acids is 2. The van der Waals surface area contributed by atoms with Crippen molar-refractivity contribution in [3.63, 3.8) is 0 Å². The largest absolute Gasteiger partial charge is 0.530 e. The second-order valence-electron chi connectivity index (χ2n) is 10.1. The third kappa shape index (κ3) is 12.0. The van der Waals surface area contributed by atoms with Crippen LogP contribution in [0.25, 0.3) is 0 Å². The third-order valence-electron chi connectivity index (χ3n) is 6.25. The highest BCUT2D eigenvalue weighted by molar-refractivity contribution is 7.48. The van der Waals surface area contributed by atoms with Crippen LogP contribution >= 0.6 is 7.82 Å². The fourth-order valence-corrected chi connectivity index (χ4v) is 5.09. The number of methoxy groups -OCH3 is 1. The molecule has 0 aliphatic rings. The van der Waals surface area contributed by atoms with Crippen LogP contribution < -0.4 is 14.6 Å². The van der Waals surface area contributed by atoms with Crippen LogP contribution in [0, 0.1) is 0 Å². The molecule has 11 heteroatoms. The van der Waals surface area contributed by atoms with E-state index in [1.54, 1.807) is 25.1 Å².